The lowest BCUT2D eigenvalue weighted by molar-refractivity contribution is -0.122. The van der Waals surface area contributed by atoms with E-state index in [0.29, 0.717) is 18.8 Å². The van der Waals surface area contributed by atoms with Gasteiger partial charge in [-0.2, -0.15) is 0 Å². The number of hydrogen-bond acceptors (Lipinski definition) is 5. The van der Waals surface area contributed by atoms with Crippen molar-refractivity contribution in [3.8, 4) is 5.75 Å². The van der Waals surface area contributed by atoms with Crippen LogP contribution in [-0.2, 0) is 24.5 Å². The van der Waals surface area contributed by atoms with Crippen molar-refractivity contribution in [1.82, 2.24) is 25.3 Å². The van der Waals surface area contributed by atoms with Crippen molar-refractivity contribution < 1.29 is 9.53 Å². The Kier molecular flexibility index (Phi) is 5.36. The average Bonchev–Trinajstić information content (AvgIpc) is 3.06. The molecule has 7 heteroatoms. The highest BCUT2D eigenvalue weighted by atomic mass is 16.5. The molecule has 0 radical (unpaired) electrons. The molecule has 0 saturated carbocycles. The van der Waals surface area contributed by atoms with Crippen LogP contribution in [0.2, 0.25) is 0 Å². The molecule has 0 fully saturated rings. The van der Waals surface area contributed by atoms with Crippen LogP contribution in [0, 0.1) is 6.92 Å². The lowest BCUT2D eigenvalue weighted by Crippen LogP contribution is -2.27. The Morgan fingerprint density at radius 3 is 3.00 bits per heavy atom. The maximum Gasteiger partial charge on any atom is 0.242 e. The van der Waals surface area contributed by atoms with Crippen LogP contribution in [-0.4, -0.2) is 25.9 Å². The van der Waals surface area contributed by atoms with E-state index in [0.717, 1.165) is 16.9 Å². The van der Waals surface area contributed by atoms with Gasteiger partial charge in [-0.1, -0.05) is 23.4 Å². The van der Waals surface area contributed by atoms with E-state index < -0.39 is 0 Å². The first-order chi connectivity index (χ1) is 12.2. The number of carbonyl (C=O) groups is 1. The van der Waals surface area contributed by atoms with Crippen molar-refractivity contribution in [3.05, 3.63) is 71.8 Å². The maximum atomic E-state index is 12.0. The van der Waals surface area contributed by atoms with Gasteiger partial charge in [-0.25, -0.2) is 4.68 Å². The smallest absolute Gasteiger partial charge is 0.242 e. The van der Waals surface area contributed by atoms with Gasteiger partial charge < -0.3 is 10.1 Å². The molecule has 7 nitrogen and oxygen atoms in total. The number of nitrogens with zero attached hydrogens (tertiary/aromatic N) is 4. The number of benzene rings is 1. The minimum atomic E-state index is -0.139. The predicted molar refractivity (Wildman–Crippen MR) is 91.6 cm³/mol. The van der Waals surface area contributed by atoms with Gasteiger partial charge in [0.25, 0.3) is 0 Å². The number of aryl methyl sites for hydroxylation is 1. The van der Waals surface area contributed by atoms with E-state index in [2.05, 4.69) is 20.6 Å². The number of ether oxygens (including phenoxy) is 1. The van der Waals surface area contributed by atoms with Gasteiger partial charge in [-0.05, 0) is 36.2 Å². The Labute approximate surface area is 145 Å². The molecule has 0 aliphatic carbocycles. The number of carbonyl (C=O) groups excluding carboxylic acids is 1. The zero-order valence-corrected chi connectivity index (χ0v) is 13.9. The summed E-state index contributed by atoms with van der Waals surface area (Å²) in [5.74, 6) is 0.642. The van der Waals surface area contributed by atoms with Crippen LogP contribution in [0.25, 0.3) is 0 Å². The van der Waals surface area contributed by atoms with Gasteiger partial charge in [0.2, 0.25) is 5.91 Å². The van der Waals surface area contributed by atoms with Crippen molar-refractivity contribution in [2.75, 3.05) is 0 Å². The first-order valence-corrected chi connectivity index (χ1v) is 7.93. The summed E-state index contributed by atoms with van der Waals surface area (Å²) in [7, 11) is 0. The predicted octanol–water partition coefficient (Wildman–Crippen LogP) is 1.88. The minimum absolute atomic E-state index is 0.109. The highest BCUT2D eigenvalue weighted by molar-refractivity contribution is 5.75. The number of pyridine rings is 1. The van der Waals surface area contributed by atoms with Crippen LogP contribution in [0.1, 0.15) is 16.8 Å². The fraction of sp³-hybridized carbons (Fsp3) is 0.222. The molecule has 0 atom stereocenters. The summed E-state index contributed by atoms with van der Waals surface area (Å²) >= 11 is 0. The Hall–Kier alpha value is -3.22. The van der Waals surface area contributed by atoms with Crippen LogP contribution in [0.3, 0.4) is 0 Å². The molecule has 1 aromatic carbocycles. The van der Waals surface area contributed by atoms with Gasteiger partial charge in [0, 0.05) is 18.9 Å². The van der Waals surface area contributed by atoms with Crippen molar-refractivity contribution in [3.63, 3.8) is 0 Å². The summed E-state index contributed by atoms with van der Waals surface area (Å²) in [6.07, 6.45) is 5.12. The average molecular weight is 337 g/mol. The lowest BCUT2D eigenvalue weighted by Gasteiger charge is -2.05. The van der Waals surface area contributed by atoms with E-state index in [-0.39, 0.29) is 12.5 Å². The summed E-state index contributed by atoms with van der Waals surface area (Å²) in [4.78, 5) is 16.0. The van der Waals surface area contributed by atoms with E-state index in [1.54, 1.807) is 18.6 Å². The molecular formula is C18H19N5O2. The summed E-state index contributed by atoms with van der Waals surface area (Å²) in [5, 5.41) is 10.8. The number of hydrogen-bond donors (Lipinski definition) is 1. The van der Waals surface area contributed by atoms with E-state index in [1.165, 1.54) is 4.68 Å². The second-order valence-corrected chi connectivity index (χ2v) is 5.65. The number of amides is 1. The van der Waals surface area contributed by atoms with E-state index in [1.807, 2.05) is 43.3 Å². The first kappa shape index (κ1) is 16.6. The van der Waals surface area contributed by atoms with E-state index in [4.69, 9.17) is 4.74 Å². The quantitative estimate of drug-likeness (QED) is 0.712. The van der Waals surface area contributed by atoms with Gasteiger partial charge in [0.05, 0.1) is 6.20 Å². The second-order valence-electron chi connectivity index (χ2n) is 5.65. The Balaban J connectivity index is 1.47. The van der Waals surface area contributed by atoms with E-state index >= 15 is 0 Å². The third kappa shape index (κ3) is 5.13. The topological polar surface area (TPSA) is 81.9 Å². The molecule has 3 rings (SSSR count). The Bertz CT molecular complexity index is 832. The molecule has 3 aromatic rings. The fourth-order valence-corrected chi connectivity index (χ4v) is 2.25. The zero-order valence-electron chi connectivity index (χ0n) is 13.9. The van der Waals surface area contributed by atoms with Crippen molar-refractivity contribution in [2.24, 2.45) is 0 Å². The van der Waals surface area contributed by atoms with Crippen LogP contribution in [0.15, 0.2) is 55.0 Å². The van der Waals surface area contributed by atoms with Crippen molar-refractivity contribution >= 4 is 5.91 Å². The van der Waals surface area contributed by atoms with E-state index in [9.17, 15) is 4.79 Å². The SMILES string of the molecule is Cc1cccc(OCc2cn(CC(=O)NCc3cccnc3)nn2)c1. The van der Waals surface area contributed by atoms with Crippen molar-refractivity contribution in [2.45, 2.75) is 26.6 Å². The molecular weight excluding hydrogens is 318 g/mol. The third-order valence-electron chi connectivity index (χ3n) is 3.48. The molecule has 128 valence electrons. The molecule has 0 spiro atoms. The molecule has 25 heavy (non-hydrogen) atoms. The normalized spacial score (nSPS) is 10.4. The van der Waals surface area contributed by atoms with Crippen LogP contribution < -0.4 is 10.1 Å². The fourth-order valence-electron chi connectivity index (χ4n) is 2.25. The Morgan fingerprint density at radius 2 is 2.20 bits per heavy atom. The van der Waals surface area contributed by atoms with Gasteiger partial charge in [0.15, 0.2) is 0 Å². The highest BCUT2D eigenvalue weighted by Gasteiger charge is 2.07. The molecule has 0 unspecified atom stereocenters. The van der Waals surface area contributed by atoms with Gasteiger partial charge in [-0.15, -0.1) is 5.10 Å². The molecule has 0 saturated heterocycles. The summed E-state index contributed by atoms with van der Waals surface area (Å²) in [6, 6.07) is 11.5. The third-order valence-corrected chi connectivity index (χ3v) is 3.48. The van der Waals surface area contributed by atoms with Gasteiger partial charge >= 0.3 is 0 Å². The van der Waals surface area contributed by atoms with Crippen LogP contribution >= 0.6 is 0 Å². The molecule has 0 bridgehead atoms. The molecule has 0 aliphatic rings. The molecule has 1 amide bonds. The zero-order chi connectivity index (χ0) is 17.5. The first-order valence-electron chi connectivity index (χ1n) is 7.93. The van der Waals surface area contributed by atoms with Gasteiger partial charge in [-0.3, -0.25) is 9.78 Å². The standard InChI is InChI=1S/C18H19N5O2/c1-14-4-2-6-17(8-14)25-13-16-11-23(22-21-16)12-18(24)20-10-15-5-3-7-19-9-15/h2-9,11H,10,12-13H2,1H3,(H,20,24). The second kappa shape index (κ2) is 8.05. The molecule has 1 N–H and O–H groups in total. The number of aromatic nitrogens is 4. The minimum Gasteiger partial charge on any atom is -0.487 e. The molecule has 0 aliphatic heterocycles. The lowest BCUT2D eigenvalue weighted by atomic mass is 10.2. The summed E-state index contributed by atoms with van der Waals surface area (Å²) < 4.78 is 7.17. The monoisotopic (exact) mass is 337 g/mol. The summed E-state index contributed by atoms with van der Waals surface area (Å²) in [6.45, 7) is 2.86. The Morgan fingerprint density at radius 1 is 1.28 bits per heavy atom. The maximum absolute atomic E-state index is 12.0. The summed E-state index contributed by atoms with van der Waals surface area (Å²) in [5.41, 5.74) is 2.75. The van der Waals surface area contributed by atoms with Gasteiger partial charge in [0.1, 0.15) is 24.6 Å². The van der Waals surface area contributed by atoms with Crippen LogP contribution in [0.4, 0.5) is 0 Å². The van der Waals surface area contributed by atoms with Crippen LogP contribution in [0.5, 0.6) is 5.75 Å². The molecule has 2 heterocycles. The van der Waals surface area contributed by atoms with Crippen molar-refractivity contribution in [1.29, 1.82) is 0 Å². The largest absolute Gasteiger partial charge is 0.487 e. The number of nitrogens with one attached hydrogen (secondary N) is 1. The molecule has 2 aromatic heterocycles. The number of rotatable bonds is 7. The highest BCUT2D eigenvalue weighted by Crippen LogP contribution is 2.13.